The number of anilines is 1. The van der Waals surface area contributed by atoms with Gasteiger partial charge in [0.05, 0.1) is 9.75 Å². The van der Waals surface area contributed by atoms with Crippen LogP contribution in [-0.2, 0) is 10.2 Å². The molecule has 3 rings (SSSR count). The highest BCUT2D eigenvalue weighted by atomic mass is 35.5. The second-order valence-electron chi connectivity index (χ2n) is 6.98. The Bertz CT molecular complexity index is 753. The Morgan fingerprint density at radius 1 is 1.32 bits per heavy atom. The molecule has 1 aliphatic heterocycles. The highest BCUT2D eigenvalue weighted by molar-refractivity contribution is 7.16. The fraction of sp³-hybridized carbons (Fsp3) is 0.500. The first-order valence-electron chi connectivity index (χ1n) is 8.46. The molecule has 0 spiro atoms. The summed E-state index contributed by atoms with van der Waals surface area (Å²) in [6, 6.07) is 5.98. The minimum atomic E-state index is -0.571. The van der Waals surface area contributed by atoms with Gasteiger partial charge in [-0.15, -0.1) is 11.3 Å². The standard InChI is InChI=1S/C18H23ClN4OS/c1-12-10-16(21-11-20-12)23-8-6-13(7-9-23)22-17(24)18(2,3)14-4-5-15(19)25-14/h4-5,10-11,13H,6-9H2,1-3H3,(H,22,24). The Balaban J connectivity index is 1.57. The summed E-state index contributed by atoms with van der Waals surface area (Å²) in [6.07, 6.45) is 3.43. The second-order valence-corrected chi connectivity index (χ2v) is 8.70. The van der Waals surface area contributed by atoms with Crippen molar-refractivity contribution in [3.63, 3.8) is 0 Å². The smallest absolute Gasteiger partial charge is 0.231 e. The average molecular weight is 379 g/mol. The number of amides is 1. The number of hydrogen-bond donors (Lipinski definition) is 1. The summed E-state index contributed by atoms with van der Waals surface area (Å²) in [7, 11) is 0. The van der Waals surface area contributed by atoms with Gasteiger partial charge in [0, 0.05) is 35.8 Å². The van der Waals surface area contributed by atoms with Crippen LogP contribution in [0.2, 0.25) is 4.34 Å². The zero-order valence-electron chi connectivity index (χ0n) is 14.8. The number of carbonyl (C=O) groups is 1. The number of halogens is 1. The minimum absolute atomic E-state index is 0.0577. The van der Waals surface area contributed by atoms with Crippen LogP contribution in [0.3, 0.4) is 0 Å². The number of carbonyl (C=O) groups excluding carboxylic acids is 1. The fourth-order valence-corrected chi connectivity index (χ4v) is 4.14. The molecule has 0 radical (unpaired) electrons. The third kappa shape index (κ3) is 4.12. The molecule has 0 aliphatic carbocycles. The first-order valence-corrected chi connectivity index (χ1v) is 9.66. The first-order chi connectivity index (χ1) is 11.9. The van der Waals surface area contributed by atoms with Gasteiger partial charge in [-0.3, -0.25) is 4.79 Å². The third-order valence-electron chi connectivity index (χ3n) is 4.70. The number of hydrogen-bond acceptors (Lipinski definition) is 5. The van der Waals surface area contributed by atoms with Crippen molar-refractivity contribution >= 4 is 34.7 Å². The number of aromatic nitrogens is 2. The largest absolute Gasteiger partial charge is 0.356 e. The summed E-state index contributed by atoms with van der Waals surface area (Å²) in [4.78, 5) is 24.5. The topological polar surface area (TPSA) is 58.1 Å². The van der Waals surface area contributed by atoms with Gasteiger partial charge in [0.25, 0.3) is 0 Å². The summed E-state index contributed by atoms with van der Waals surface area (Å²) in [6.45, 7) is 7.63. The van der Waals surface area contributed by atoms with Gasteiger partial charge in [-0.1, -0.05) is 11.6 Å². The second kappa shape index (κ2) is 7.30. The Morgan fingerprint density at radius 3 is 2.64 bits per heavy atom. The maximum atomic E-state index is 12.8. The van der Waals surface area contributed by atoms with E-state index >= 15 is 0 Å². The normalized spacial score (nSPS) is 16.1. The van der Waals surface area contributed by atoms with Gasteiger partial charge >= 0.3 is 0 Å². The van der Waals surface area contributed by atoms with Crippen LogP contribution in [0.1, 0.15) is 37.3 Å². The van der Waals surface area contributed by atoms with Crippen LogP contribution >= 0.6 is 22.9 Å². The van der Waals surface area contributed by atoms with Gasteiger partial charge in [-0.2, -0.15) is 0 Å². The van der Waals surface area contributed by atoms with Crippen LogP contribution in [-0.4, -0.2) is 35.0 Å². The lowest BCUT2D eigenvalue weighted by atomic mass is 9.89. The zero-order chi connectivity index (χ0) is 18.0. The van der Waals surface area contributed by atoms with Crippen LogP contribution in [0.15, 0.2) is 24.5 Å². The summed E-state index contributed by atoms with van der Waals surface area (Å²) in [5.74, 6) is 1.02. The molecular formula is C18H23ClN4OS. The van der Waals surface area contributed by atoms with Crippen LogP contribution in [0.4, 0.5) is 5.82 Å². The predicted octanol–water partition coefficient (Wildman–Crippen LogP) is 3.56. The molecule has 0 unspecified atom stereocenters. The summed E-state index contributed by atoms with van der Waals surface area (Å²) >= 11 is 7.49. The van der Waals surface area contributed by atoms with E-state index in [4.69, 9.17) is 11.6 Å². The summed E-state index contributed by atoms with van der Waals surface area (Å²) < 4.78 is 0.712. The Labute approximate surface area is 157 Å². The number of rotatable bonds is 4. The van der Waals surface area contributed by atoms with E-state index in [1.165, 1.54) is 11.3 Å². The number of thiophene rings is 1. The maximum absolute atomic E-state index is 12.8. The molecule has 0 saturated carbocycles. The van der Waals surface area contributed by atoms with Crippen molar-refractivity contribution in [2.75, 3.05) is 18.0 Å². The molecule has 2 aromatic rings. The zero-order valence-corrected chi connectivity index (χ0v) is 16.3. The van der Waals surface area contributed by atoms with Gasteiger partial charge in [0.2, 0.25) is 5.91 Å². The van der Waals surface area contributed by atoms with Crippen LogP contribution in [0.5, 0.6) is 0 Å². The van der Waals surface area contributed by atoms with Crippen molar-refractivity contribution in [1.82, 2.24) is 15.3 Å². The van der Waals surface area contributed by atoms with Crippen molar-refractivity contribution in [3.05, 3.63) is 39.4 Å². The van der Waals surface area contributed by atoms with Crippen molar-refractivity contribution in [1.29, 1.82) is 0 Å². The molecule has 3 heterocycles. The molecule has 5 nitrogen and oxygen atoms in total. The Morgan fingerprint density at radius 2 is 2.04 bits per heavy atom. The number of piperidine rings is 1. The Hall–Kier alpha value is -1.66. The molecule has 0 aromatic carbocycles. The lowest BCUT2D eigenvalue weighted by Gasteiger charge is -2.34. The predicted molar refractivity (Wildman–Crippen MR) is 103 cm³/mol. The molecule has 2 aromatic heterocycles. The van der Waals surface area contributed by atoms with E-state index in [9.17, 15) is 4.79 Å². The molecule has 7 heteroatoms. The Kier molecular flexibility index (Phi) is 5.29. The highest BCUT2D eigenvalue weighted by Crippen LogP contribution is 2.33. The van der Waals surface area contributed by atoms with E-state index in [1.807, 2.05) is 39.0 Å². The summed E-state index contributed by atoms with van der Waals surface area (Å²) in [5, 5.41) is 3.22. The van der Waals surface area contributed by atoms with E-state index < -0.39 is 5.41 Å². The number of nitrogens with zero attached hydrogens (tertiary/aromatic N) is 3. The van der Waals surface area contributed by atoms with Crippen LogP contribution in [0, 0.1) is 6.92 Å². The molecule has 0 atom stereocenters. The molecular weight excluding hydrogens is 356 g/mol. The van der Waals surface area contributed by atoms with Crippen LogP contribution < -0.4 is 10.2 Å². The van der Waals surface area contributed by atoms with Crippen molar-refractivity contribution in [2.45, 2.75) is 45.1 Å². The van der Waals surface area contributed by atoms with Crippen LogP contribution in [0.25, 0.3) is 0 Å². The van der Waals surface area contributed by atoms with Gasteiger partial charge < -0.3 is 10.2 Å². The van der Waals surface area contributed by atoms with Crippen molar-refractivity contribution < 1.29 is 4.79 Å². The van der Waals surface area contributed by atoms with E-state index in [-0.39, 0.29) is 11.9 Å². The highest BCUT2D eigenvalue weighted by Gasteiger charge is 2.33. The molecule has 25 heavy (non-hydrogen) atoms. The van der Waals surface area contributed by atoms with E-state index in [0.29, 0.717) is 4.34 Å². The van der Waals surface area contributed by atoms with Crippen molar-refractivity contribution in [3.8, 4) is 0 Å². The van der Waals surface area contributed by atoms with Gasteiger partial charge in [0.15, 0.2) is 0 Å². The quantitative estimate of drug-likeness (QED) is 0.883. The fourth-order valence-electron chi connectivity index (χ4n) is 2.99. The lowest BCUT2D eigenvalue weighted by Crippen LogP contribution is -2.49. The number of nitrogens with one attached hydrogen (secondary N) is 1. The molecule has 0 bridgehead atoms. The molecule has 1 N–H and O–H groups in total. The lowest BCUT2D eigenvalue weighted by molar-refractivity contribution is -0.126. The average Bonchev–Trinajstić information content (AvgIpc) is 3.03. The maximum Gasteiger partial charge on any atom is 0.231 e. The monoisotopic (exact) mass is 378 g/mol. The molecule has 1 fully saturated rings. The molecule has 1 aliphatic rings. The molecule has 1 saturated heterocycles. The van der Waals surface area contributed by atoms with Gasteiger partial charge in [0.1, 0.15) is 12.1 Å². The summed E-state index contributed by atoms with van der Waals surface area (Å²) in [5.41, 5.74) is 0.399. The third-order valence-corrected chi connectivity index (χ3v) is 6.26. The SMILES string of the molecule is Cc1cc(N2CCC(NC(=O)C(C)(C)c3ccc(Cl)s3)CC2)ncn1. The molecule has 1 amide bonds. The number of aryl methyl sites for hydroxylation is 1. The van der Waals surface area contributed by atoms with Gasteiger partial charge in [-0.25, -0.2) is 9.97 Å². The molecule has 134 valence electrons. The van der Waals surface area contributed by atoms with E-state index in [1.54, 1.807) is 6.33 Å². The minimum Gasteiger partial charge on any atom is -0.356 e. The van der Waals surface area contributed by atoms with E-state index in [2.05, 4.69) is 20.2 Å². The van der Waals surface area contributed by atoms with Gasteiger partial charge in [-0.05, 0) is 45.7 Å². The van der Waals surface area contributed by atoms with E-state index in [0.717, 1.165) is 42.3 Å². The first kappa shape index (κ1) is 18.1. The van der Waals surface area contributed by atoms with Crippen molar-refractivity contribution in [2.24, 2.45) is 0 Å².